The van der Waals surface area contributed by atoms with Crippen molar-refractivity contribution in [3.63, 3.8) is 0 Å². The minimum atomic E-state index is 0.139. The Morgan fingerprint density at radius 1 is 1.20 bits per heavy atom. The fraction of sp³-hybridized carbons (Fsp3) is 0.476. The third-order valence-corrected chi connectivity index (χ3v) is 4.79. The van der Waals surface area contributed by atoms with E-state index in [0.29, 0.717) is 25.6 Å². The van der Waals surface area contributed by atoms with E-state index in [1.165, 1.54) is 29.2 Å². The summed E-state index contributed by atoms with van der Waals surface area (Å²) in [6.45, 7) is 3.13. The Bertz CT molecular complexity index is 692. The number of nitrogens with zero attached hydrogens (tertiary/aromatic N) is 1. The highest BCUT2D eigenvalue weighted by atomic mass is 16.5. The van der Waals surface area contributed by atoms with Crippen LogP contribution in [0.4, 0.5) is 0 Å². The molecule has 0 saturated heterocycles. The summed E-state index contributed by atoms with van der Waals surface area (Å²) in [7, 11) is 1.68. The van der Waals surface area contributed by atoms with E-state index in [-0.39, 0.29) is 5.91 Å². The number of rotatable bonds is 10. The Kier molecular flexibility index (Phi) is 6.42. The van der Waals surface area contributed by atoms with Crippen molar-refractivity contribution in [1.82, 2.24) is 10.2 Å². The third kappa shape index (κ3) is 5.28. The molecule has 134 valence electrons. The lowest BCUT2D eigenvalue weighted by Gasteiger charge is -2.22. The molecule has 0 spiro atoms. The van der Waals surface area contributed by atoms with Crippen LogP contribution in [0.2, 0.25) is 0 Å². The van der Waals surface area contributed by atoms with Crippen LogP contribution < -0.4 is 5.32 Å². The quantitative estimate of drug-likeness (QED) is 0.675. The lowest BCUT2D eigenvalue weighted by molar-refractivity contribution is -0.121. The first-order valence-electron chi connectivity index (χ1n) is 9.24. The van der Waals surface area contributed by atoms with E-state index in [1.807, 2.05) is 0 Å². The van der Waals surface area contributed by atoms with Crippen molar-refractivity contribution in [3.05, 3.63) is 48.0 Å². The predicted octanol–water partition coefficient (Wildman–Crippen LogP) is 3.35. The lowest BCUT2D eigenvalue weighted by atomic mass is 10.0. The topological polar surface area (TPSA) is 41.6 Å². The van der Waals surface area contributed by atoms with Crippen LogP contribution >= 0.6 is 0 Å². The summed E-state index contributed by atoms with van der Waals surface area (Å²) in [6, 6.07) is 15.7. The molecule has 4 heteroatoms. The van der Waals surface area contributed by atoms with E-state index in [1.54, 1.807) is 7.11 Å². The molecule has 0 aromatic heterocycles. The number of amides is 1. The zero-order valence-corrected chi connectivity index (χ0v) is 15.0. The van der Waals surface area contributed by atoms with Crippen molar-refractivity contribution in [2.75, 3.05) is 26.8 Å². The van der Waals surface area contributed by atoms with Gasteiger partial charge in [0.2, 0.25) is 5.91 Å². The number of ether oxygens (including phenoxy) is 1. The van der Waals surface area contributed by atoms with Gasteiger partial charge in [-0.2, -0.15) is 0 Å². The van der Waals surface area contributed by atoms with Gasteiger partial charge >= 0.3 is 0 Å². The number of carbonyl (C=O) groups excluding carboxylic acids is 1. The normalized spacial score (nSPS) is 14.2. The van der Waals surface area contributed by atoms with E-state index in [2.05, 4.69) is 52.7 Å². The van der Waals surface area contributed by atoms with Gasteiger partial charge in [0.25, 0.3) is 0 Å². The summed E-state index contributed by atoms with van der Waals surface area (Å²) in [5.41, 5.74) is 1.35. The van der Waals surface area contributed by atoms with Gasteiger partial charge in [0.15, 0.2) is 0 Å². The van der Waals surface area contributed by atoms with Gasteiger partial charge in [-0.3, -0.25) is 9.69 Å². The second-order valence-corrected chi connectivity index (χ2v) is 6.79. The molecule has 4 nitrogen and oxygen atoms in total. The second-order valence-electron chi connectivity index (χ2n) is 6.79. The molecule has 0 atom stereocenters. The Morgan fingerprint density at radius 2 is 2.00 bits per heavy atom. The first-order chi connectivity index (χ1) is 12.3. The van der Waals surface area contributed by atoms with Gasteiger partial charge in [-0.25, -0.2) is 0 Å². The van der Waals surface area contributed by atoms with Crippen molar-refractivity contribution in [2.45, 2.75) is 38.3 Å². The molecule has 1 fully saturated rings. The Balaban J connectivity index is 1.56. The number of nitrogens with one attached hydrogen (secondary N) is 1. The molecule has 1 aliphatic rings. The fourth-order valence-electron chi connectivity index (χ4n) is 3.26. The molecular weight excluding hydrogens is 312 g/mol. The number of fused-ring (bicyclic) bond motifs is 1. The molecular formula is C21H28N2O2. The van der Waals surface area contributed by atoms with Crippen LogP contribution in [0.15, 0.2) is 42.5 Å². The maximum atomic E-state index is 12.0. The van der Waals surface area contributed by atoms with Crippen LogP contribution in [0.5, 0.6) is 0 Å². The summed E-state index contributed by atoms with van der Waals surface area (Å²) in [6.07, 6.45) is 3.93. The maximum Gasteiger partial charge on any atom is 0.221 e. The molecule has 3 rings (SSSR count). The van der Waals surface area contributed by atoms with Gasteiger partial charge in [-0.15, -0.1) is 0 Å². The Labute approximate surface area is 150 Å². The van der Waals surface area contributed by atoms with Gasteiger partial charge in [-0.05, 0) is 35.6 Å². The average molecular weight is 340 g/mol. The van der Waals surface area contributed by atoms with E-state index in [4.69, 9.17) is 4.74 Å². The van der Waals surface area contributed by atoms with E-state index < -0.39 is 0 Å². The first-order valence-corrected chi connectivity index (χ1v) is 9.24. The summed E-state index contributed by atoms with van der Waals surface area (Å²) < 4.78 is 5.00. The minimum absolute atomic E-state index is 0.139. The molecule has 0 aliphatic heterocycles. The van der Waals surface area contributed by atoms with Gasteiger partial charge < -0.3 is 10.1 Å². The van der Waals surface area contributed by atoms with Crippen LogP contribution in [-0.4, -0.2) is 43.7 Å². The van der Waals surface area contributed by atoms with Crippen LogP contribution in [0.25, 0.3) is 10.8 Å². The average Bonchev–Trinajstić information content (AvgIpc) is 3.47. The summed E-state index contributed by atoms with van der Waals surface area (Å²) >= 11 is 0. The van der Waals surface area contributed by atoms with Gasteiger partial charge in [0.1, 0.15) is 0 Å². The molecule has 2 aromatic carbocycles. The first kappa shape index (κ1) is 17.9. The molecule has 2 aromatic rings. The number of methoxy groups -OCH3 is 1. The number of hydrogen-bond donors (Lipinski definition) is 1. The van der Waals surface area contributed by atoms with E-state index >= 15 is 0 Å². The highest BCUT2D eigenvalue weighted by molar-refractivity contribution is 5.85. The van der Waals surface area contributed by atoms with Gasteiger partial charge in [0.05, 0.1) is 0 Å². The van der Waals surface area contributed by atoms with Crippen LogP contribution in [-0.2, 0) is 16.1 Å². The molecule has 0 bridgehead atoms. The van der Waals surface area contributed by atoms with E-state index in [0.717, 1.165) is 19.5 Å². The molecule has 1 N–H and O–H groups in total. The second kappa shape index (κ2) is 8.97. The minimum Gasteiger partial charge on any atom is -0.385 e. The molecule has 0 heterocycles. The highest BCUT2D eigenvalue weighted by Crippen LogP contribution is 2.30. The zero-order chi connectivity index (χ0) is 17.5. The molecule has 0 unspecified atom stereocenters. The van der Waals surface area contributed by atoms with Crippen LogP contribution in [0.3, 0.4) is 0 Å². The lowest BCUT2D eigenvalue weighted by Crippen LogP contribution is -2.32. The summed E-state index contributed by atoms with van der Waals surface area (Å²) in [5, 5.41) is 5.58. The monoisotopic (exact) mass is 340 g/mol. The largest absolute Gasteiger partial charge is 0.385 e. The fourth-order valence-corrected chi connectivity index (χ4v) is 3.26. The number of hydrogen-bond acceptors (Lipinski definition) is 3. The Morgan fingerprint density at radius 3 is 2.80 bits per heavy atom. The van der Waals surface area contributed by atoms with Crippen molar-refractivity contribution in [2.24, 2.45) is 0 Å². The van der Waals surface area contributed by atoms with Crippen LogP contribution in [0.1, 0.15) is 31.2 Å². The smallest absolute Gasteiger partial charge is 0.221 e. The third-order valence-electron chi connectivity index (χ3n) is 4.79. The zero-order valence-electron chi connectivity index (χ0n) is 15.0. The molecule has 1 saturated carbocycles. The van der Waals surface area contributed by atoms with E-state index in [9.17, 15) is 4.79 Å². The standard InChI is InChI=1S/C21H28N2O2/c1-25-15-5-13-22-21(24)12-14-23(19-10-11-19)16-18-8-4-7-17-6-2-3-9-20(17)18/h2-4,6-9,19H,5,10-16H2,1H3,(H,22,24). The van der Waals surface area contributed by atoms with Crippen molar-refractivity contribution < 1.29 is 9.53 Å². The number of carbonyl (C=O) groups is 1. The molecule has 0 radical (unpaired) electrons. The van der Waals surface area contributed by atoms with Crippen molar-refractivity contribution in [1.29, 1.82) is 0 Å². The predicted molar refractivity (Wildman–Crippen MR) is 101 cm³/mol. The Hall–Kier alpha value is -1.91. The van der Waals surface area contributed by atoms with Crippen molar-refractivity contribution >= 4 is 16.7 Å². The molecule has 25 heavy (non-hydrogen) atoms. The maximum absolute atomic E-state index is 12.0. The summed E-state index contributed by atoms with van der Waals surface area (Å²) in [4.78, 5) is 14.5. The van der Waals surface area contributed by atoms with Crippen molar-refractivity contribution in [3.8, 4) is 0 Å². The molecule has 1 aliphatic carbocycles. The SMILES string of the molecule is COCCCNC(=O)CCN(Cc1cccc2ccccc12)C1CC1. The molecule has 1 amide bonds. The van der Waals surface area contributed by atoms with Gasteiger partial charge in [-0.1, -0.05) is 42.5 Å². The number of benzene rings is 2. The summed E-state index contributed by atoms with van der Waals surface area (Å²) in [5.74, 6) is 0.139. The van der Waals surface area contributed by atoms with Crippen LogP contribution in [0, 0.1) is 0 Å². The van der Waals surface area contributed by atoms with Gasteiger partial charge in [0, 0.05) is 45.8 Å². The highest BCUT2D eigenvalue weighted by Gasteiger charge is 2.29.